The number of benzene rings is 1. The predicted molar refractivity (Wildman–Crippen MR) is 110 cm³/mol. The molecule has 5 rings (SSSR count). The lowest BCUT2D eigenvalue weighted by Crippen LogP contribution is -2.46. The Morgan fingerprint density at radius 1 is 1.17 bits per heavy atom. The van der Waals surface area contributed by atoms with Crippen molar-refractivity contribution < 1.29 is 9.53 Å². The van der Waals surface area contributed by atoms with Gasteiger partial charge in [-0.3, -0.25) is 4.79 Å². The number of fused-ring (bicyclic) bond motifs is 1. The van der Waals surface area contributed by atoms with E-state index in [0.29, 0.717) is 17.6 Å². The summed E-state index contributed by atoms with van der Waals surface area (Å²) in [5, 5.41) is 4.61. The molecule has 150 valence electrons. The molecule has 3 aromatic rings. The van der Waals surface area contributed by atoms with Gasteiger partial charge >= 0.3 is 0 Å². The molecule has 1 aromatic carbocycles. The van der Waals surface area contributed by atoms with E-state index in [2.05, 4.69) is 16.9 Å². The second-order valence-corrected chi connectivity index (χ2v) is 7.79. The quantitative estimate of drug-likeness (QED) is 0.733. The van der Waals surface area contributed by atoms with Gasteiger partial charge in [-0.1, -0.05) is 12.1 Å². The molecule has 2 aliphatic rings. The lowest BCUT2D eigenvalue weighted by atomic mass is 10.1. The Morgan fingerprint density at radius 3 is 2.62 bits per heavy atom. The fraction of sp³-hybridized carbons (Fsp3) is 0.429. The molecule has 0 saturated carbocycles. The molecule has 0 aliphatic carbocycles. The third kappa shape index (κ3) is 3.13. The first-order valence-electron chi connectivity index (χ1n) is 10.2. The topological polar surface area (TPSA) is 99.2 Å². The van der Waals surface area contributed by atoms with E-state index in [1.165, 1.54) is 0 Å². The molecule has 8 heteroatoms. The average Bonchev–Trinajstić information content (AvgIpc) is 3.17. The highest BCUT2D eigenvalue weighted by Crippen LogP contribution is 2.34. The fourth-order valence-corrected chi connectivity index (χ4v) is 4.02. The van der Waals surface area contributed by atoms with Crippen LogP contribution in [0.5, 0.6) is 0 Å². The van der Waals surface area contributed by atoms with Gasteiger partial charge in [-0.2, -0.15) is 5.10 Å². The van der Waals surface area contributed by atoms with E-state index in [9.17, 15) is 4.79 Å². The standard InChI is InChI=1S/C21H24N6O2/c1-13-9-10-26(13)21-24-16-12-23-27(17-4-2-3-11-29-17)19(16)18(25-21)14-5-7-15(8-6-14)20(22)28/h5-8,12-13,17H,2-4,9-11H2,1H3,(H2,22,28). The summed E-state index contributed by atoms with van der Waals surface area (Å²) in [5.74, 6) is 0.273. The number of rotatable bonds is 4. The van der Waals surface area contributed by atoms with Crippen LogP contribution in [0.1, 0.15) is 49.2 Å². The van der Waals surface area contributed by atoms with Crippen molar-refractivity contribution in [3.8, 4) is 11.3 Å². The summed E-state index contributed by atoms with van der Waals surface area (Å²) in [7, 11) is 0. The number of primary amides is 1. The van der Waals surface area contributed by atoms with Crippen molar-refractivity contribution >= 4 is 22.9 Å². The maximum absolute atomic E-state index is 11.5. The van der Waals surface area contributed by atoms with Crippen molar-refractivity contribution in [3.63, 3.8) is 0 Å². The van der Waals surface area contributed by atoms with Crippen LogP contribution in [0.3, 0.4) is 0 Å². The van der Waals surface area contributed by atoms with Gasteiger partial charge in [-0.05, 0) is 44.7 Å². The fourth-order valence-electron chi connectivity index (χ4n) is 4.02. The van der Waals surface area contributed by atoms with Gasteiger partial charge in [0.2, 0.25) is 11.9 Å². The first-order chi connectivity index (χ1) is 14.1. The monoisotopic (exact) mass is 392 g/mol. The lowest BCUT2D eigenvalue weighted by Gasteiger charge is -2.38. The molecule has 2 unspecified atom stereocenters. The van der Waals surface area contributed by atoms with Crippen molar-refractivity contribution in [2.45, 2.75) is 44.9 Å². The Morgan fingerprint density at radius 2 is 2.00 bits per heavy atom. The van der Waals surface area contributed by atoms with Crippen molar-refractivity contribution in [3.05, 3.63) is 36.0 Å². The SMILES string of the molecule is CC1CCN1c1nc(-c2ccc(C(N)=O)cc2)c2c(cnn2C2CCCCO2)n1. The van der Waals surface area contributed by atoms with Gasteiger partial charge in [0.25, 0.3) is 0 Å². The van der Waals surface area contributed by atoms with Crippen LogP contribution in [0.2, 0.25) is 0 Å². The smallest absolute Gasteiger partial charge is 0.248 e. The Labute approximate surface area is 168 Å². The van der Waals surface area contributed by atoms with E-state index in [4.69, 9.17) is 20.4 Å². The van der Waals surface area contributed by atoms with Crippen LogP contribution in [0, 0.1) is 0 Å². The van der Waals surface area contributed by atoms with E-state index < -0.39 is 5.91 Å². The molecule has 2 saturated heterocycles. The number of ether oxygens (including phenoxy) is 1. The van der Waals surface area contributed by atoms with E-state index >= 15 is 0 Å². The maximum atomic E-state index is 11.5. The van der Waals surface area contributed by atoms with E-state index in [0.717, 1.165) is 61.1 Å². The number of anilines is 1. The van der Waals surface area contributed by atoms with Crippen LogP contribution in [0.25, 0.3) is 22.3 Å². The first kappa shape index (κ1) is 18.1. The third-order valence-corrected chi connectivity index (χ3v) is 5.88. The van der Waals surface area contributed by atoms with Crippen LogP contribution in [0.4, 0.5) is 5.95 Å². The van der Waals surface area contributed by atoms with Crippen LogP contribution in [-0.4, -0.2) is 44.8 Å². The van der Waals surface area contributed by atoms with Gasteiger partial charge < -0.3 is 15.4 Å². The van der Waals surface area contributed by atoms with E-state index in [1.807, 2.05) is 16.8 Å². The number of hydrogen-bond acceptors (Lipinski definition) is 6. The van der Waals surface area contributed by atoms with E-state index in [1.54, 1.807) is 18.3 Å². The molecule has 4 heterocycles. The molecule has 2 N–H and O–H groups in total. The van der Waals surface area contributed by atoms with Crippen LogP contribution in [0.15, 0.2) is 30.5 Å². The molecule has 29 heavy (non-hydrogen) atoms. The minimum Gasteiger partial charge on any atom is -0.366 e. The molecule has 2 aliphatic heterocycles. The summed E-state index contributed by atoms with van der Waals surface area (Å²) in [6.45, 7) is 3.86. The summed E-state index contributed by atoms with van der Waals surface area (Å²) in [4.78, 5) is 23.4. The van der Waals surface area contributed by atoms with Gasteiger partial charge in [-0.25, -0.2) is 14.6 Å². The second-order valence-electron chi connectivity index (χ2n) is 7.79. The molecule has 0 radical (unpaired) electrons. The predicted octanol–water partition coefficient (Wildman–Crippen LogP) is 2.89. The number of carbonyl (C=O) groups is 1. The Balaban J connectivity index is 1.67. The number of nitrogens with two attached hydrogens (primary N) is 1. The number of nitrogens with zero attached hydrogens (tertiary/aromatic N) is 5. The highest BCUT2D eigenvalue weighted by Gasteiger charge is 2.29. The zero-order valence-corrected chi connectivity index (χ0v) is 16.4. The largest absolute Gasteiger partial charge is 0.366 e. The number of hydrogen-bond donors (Lipinski definition) is 1. The van der Waals surface area contributed by atoms with Crippen LogP contribution < -0.4 is 10.6 Å². The molecule has 2 aromatic heterocycles. The molecule has 8 nitrogen and oxygen atoms in total. The maximum Gasteiger partial charge on any atom is 0.248 e. The Hall–Kier alpha value is -3.00. The van der Waals surface area contributed by atoms with Crippen LogP contribution >= 0.6 is 0 Å². The first-order valence-corrected chi connectivity index (χ1v) is 10.2. The highest BCUT2D eigenvalue weighted by molar-refractivity contribution is 5.94. The molecule has 2 atom stereocenters. The minimum atomic E-state index is -0.444. The van der Waals surface area contributed by atoms with Crippen molar-refractivity contribution in [2.75, 3.05) is 18.1 Å². The Kier molecular flexibility index (Phi) is 4.43. The molecule has 1 amide bonds. The zero-order valence-electron chi connectivity index (χ0n) is 16.4. The van der Waals surface area contributed by atoms with Crippen LogP contribution in [-0.2, 0) is 4.74 Å². The van der Waals surface area contributed by atoms with Gasteiger partial charge in [0.1, 0.15) is 16.7 Å². The summed E-state index contributed by atoms with van der Waals surface area (Å²) in [5.41, 5.74) is 9.23. The molecular weight excluding hydrogens is 368 g/mol. The van der Waals surface area contributed by atoms with Gasteiger partial charge in [0.05, 0.1) is 6.20 Å². The van der Waals surface area contributed by atoms with Crippen molar-refractivity contribution in [1.29, 1.82) is 0 Å². The van der Waals surface area contributed by atoms with E-state index in [-0.39, 0.29) is 6.23 Å². The number of carbonyl (C=O) groups excluding carboxylic acids is 1. The van der Waals surface area contributed by atoms with Crippen molar-refractivity contribution in [2.24, 2.45) is 5.73 Å². The molecular formula is C21H24N6O2. The number of aromatic nitrogens is 4. The highest BCUT2D eigenvalue weighted by atomic mass is 16.5. The lowest BCUT2D eigenvalue weighted by molar-refractivity contribution is -0.0366. The molecule has 0 spiro atoms. The summed E-state index contributed by atoms with van der Waals surface area (Å²) >= 11 is 0. The summed E-state index contributed by atoms with van der Waals surface area (Å²) in [6, 6.07) is 7.65. The van der Waals surface area contributed by atoms with Gasteiger partial charge in [0, 0.05) is 30.3 Å². The third-order valence-electron chi connectivity index (χ3n) is 5.88. The molecule has 0 bridgehead atoms. The summed E-state index contributed by atoms with van der Waals surface area (Å²) in [6.07, 6.45) is 5.93. The second kappa shape index (κ2) is 7.11. The zero-order chi connectivity index (χ0) is 20.0. The van der Waals surface area contributed by atoms with Gasteiger partial charge in [-0.15, -0.1) is 0 Å². The van der Waals surface area contributed by atoms with Crippen molar-refractivity contribution in [1.82, 2.24) is 19.7 Å². The summed E-state index contributed by atoms with van der Waals surface area (Å²) < 4.78 is 7.88. The average molecular weight is 392 g/mol. The number of amides is 1. The Bertz CT molecular complexity index is 1050. The minimum absolute atomic E-state index is 0.109. The normalized spacial score (nSPS) is 21.9. The van der Waals surface area contributed by atoms with Gasteiger partial charge in [0.15, 0.2) is 6.23 Å². The molecule has 2 fully saturated rings.